The molecule has 0 aromatic carbocycles. The Labute approximate surface area is 124 Å². The molecule has 1 amide bonds. The fraction of sp³-hybridized carbons (Fsp3) is 0.667. The lowest BCUT2D eigenvalue weighted by Gasteiger charge is -2.45. The molecule has 9 heteroatoms. The summed E-state index contributed by atoms with van der Waals surface area (Å²) in [6.07, 6.45) is 2.97. The molecule has 1 saturated heterocycles. The highest BCUT2D eigenvalue weighted by Crippen LogP contribution is 2.29. The van der Waals surface area contributed by atoms with Crippen molar-refractivity contribution in [3.63, 3.8) is 0 Å². The number of carbonyl (C=O) groups is 1. The monoisotopic (exact) mass is 316 g/mol. The lowest BCUT2D eigenvalue weighted by Crippen LogP contribution is -2.60. The van der Waals surface area contributed by atoms with Gasteiger partial charge in [0.05, 0.1) is 6.04 Å². The third kappa shape index (κ3) is 3.03. The van der Waals surface area contributed by atoms with E-state index in [1.165, 1.54) is 27.9 Å². The summed E-state index contributed by atoms with van der Waals surface area (Å²) in [5.41, 5.74) is -0.360. The third-order valence-electron chi connectivity index (χ3n) is 3.66. The number of amides is 1. The second-order valence-corrected chi connectivity index (χ2v) is 7.95. The Morgan fingerprint density at radius 2 is 2.00 bits per heavy atom. The molecule has 1 N–H and O–H groups in total. The molecule has 118 valence electrons. The largest absolute Gasteiger partial charge is 0.465 e. The van der Waals surface area contributed by atoms with Gasteiger partial charge >= 0.3 is 16.3 Å². The summed E-state index contributed by atoms with van der Waals surface area (Å²) in [6, 6.07) is -0.401. The predicted octanol–water partition coefficient (Wildman–Crippen LogP) is 0.686. The first-order valence-electron chi connectivity index (χ1n) is 6.62. The minimum Gasteiger partial charge on any atom is -0.465 e. The fourth-order valence-electron chi connectivity index (χ4n) is 2.45. The SMILES string of the molecule is CC(C)(C)C1CN(S(=O)(=O)n2ccnc2)CCN1C(=O)O. The molecule has 1 fully saturated rings. The molecule has 0 spiro atoms. The molecule has 1 aromatic heterocycles. The Morgan fingerprint density at radius 1 is 1.33 bits per heavy atom. The van der Waals surface area contributed by atoms with Gasteiger partial charge < -0.3 is 10.0 Å². The maximum atomic E-state index is 12.5. The Hall–Kier alpha value is -1.61. The fourth-order valence-corrected chi connectivity index (χ4v) is 3.74. The summed E-state index contributed by atoms with van der Waals surface area (Å²) in [6.45, 7) is 6.14. The molecule has 1 atom stereocenters. The van der Waals surface area contributed by atoms with Crippen molar-refractivity contribution in [1.29, 1.82) is 0 Å². The van der Waals surface area contributed by atoms with Crippen molar-refractivity contribution < 1.29 is 18.3 Å². The van der Waals surface area contributed by atoms with Crippen molar-refractivity contribution in [3.05, 3.63) is 18.7 Å². The van der Waals surface area contributed by atoms with Crippen molar-refractivity contribution in [3.8, 4) is 0 Å². The van der Waals surface area contributed by atoms with Gasteiger partial charge in [-0.25, -0.2) is 13.8 Å². The molecule has 21 heavy (non-hydrogen) atoms. The normalized spacial score (nSPS) is 21.5. The summed E-state index contributed by atoms with van der Waals surface area (Å²) >= 11 is 0. The van der Waals surface area contributed by atoms with E-state index >= 15 is 0 Å². The zero-order valence-electron chi connectivity index (χ0n) is 12.3. The number of carboxylic acid groups (broad SMARTS) is 1. The lowest BCUT2D eigenvalue weighted by atomic mass is 9.85. The molecular formula is C12H20N4O4S. The van der Waals surface area contributed by atoms with E-state index in [0.29, 0.717) is 0 Å². The molecule has 2 heterocycles. The molecule has 8 nitrogen and oxygen atoms in total. The van der Waals surface area contributed by atoms with Gasteiger partial charge in [-0.1, -0.05) is 20.8 Å². The van der Waals surface area contributed by atoms with E-state index in [2.05, 4.69) is 4.98 Å². The Bertz CT molecular complexity index is 606. The van der Waals surface area contributed by atoms with E-state index in [-0.39, 0.29) is 25.0 Å². The van der Waals surface area contributed by atoms with Crippen LogP contribution < -0.4 is 0 Å². The molecule has 0 aliphatic carbocycles. The van der Waals surface area contributed by atoms with Crippen LogP contribution in [-0.4, -0.2) is 63.5 Å². The van der Waals surface area contributed by atoms with Crippen LogP contribution in [0.25, 0.3) is 0 Å². The number of imidazole rings is 1. The minimum atomic E-state index is -3.69. The van der Waals surface area contributed by atoms with Crippen molar-refractivity contribution >= 4 is 16.3 Å². The van der Waals surface area contributed by atoms with E-state index < -0.39 is 22.3 Å². The zero-order chi connectivity index (χ0) is 15.8. The van der Waals surface area contributed by atoms with Crippen LogP contribution in [0.2, 0.25) is 0 Å². The average Bonchev–Trinajstić information content (AvgIpc) is 2.91. The van der Waals surface area contributed by atoms with E-state index in [4.69, 9.17) is 0 Å². The van der Waals surface area contributed by atoms with Gasteiger partial charge in [-0.3, -0.25) is 0 Å². The maximum absolute atomic E-state index is 12.5. The first kappa shape index (κ1) is 15.8. The Morgan fingerprint density at radius 3 is 2.48 bits per heavy atom. The molecule has 1 aliphatic rings. The topological polar surface area (TPSA) is 95.7 Å². The van der Waals surface area contributed by atoms with Crippen LogP contribution in [-0.2, 0) is 10.2 Å². The molecule has 0 radical (unpaired) electrons. The van der Waals surface area contributed by atoms with Crippen LogP contribution in [0, 0.1) is 5.41 Å². The number of aromatic nitrogens is 2. The third-order valence-corrected chi connectivity index (χ3v) is 5.39. The highest BCUT2D eigenvalue weighted by atomic mass is 32.2. The number of rotatable bonds is 2. The zero-order valence-corrected chi connectivity index (χ0v) is 13.1. The van der Waals surface area contributed by atoms with Gasteiger partial charge in [0, 0.05) is 32.0 Å². The first-order chi connectivity index (χ1) is 9.64. The lowest BCUT2D eigenvalue weighted by molar-refractivity contribution is 0.0455. The quantitative estimate of drug-likeness (QED) is 0.866. The minimum absolute atomic E-state index is 0.135. The van der Waals surface area contributed by atoms with Gasteiger partial charge in [0.25, 0.3) is 0 Å². The second-order valence-electron chi connectivity index (χ2n) is 6.12. The number of hydrogen-bond donors (Lipinski definition) is 1. The number of hydrogen-bond acceptors (Lipinski definition) is 4. The van der Waals surface area contributed by atoms with Crippen molar-refractivity contribution in [2.75, 3.05) is 19.6 Å². The summed E-state index contributed by atoms with van der Waals surface area (Å²) in [5, 5.41) is 9.29. The van der Waals surface area contributed by atoms with E-state index in [1.54, 1.807) is 0 Å². The molecular weight excluding hydrogens is 296 g/mol. The Balaban J connectivity index is 2.28. The molecule has 0 saturated carbocycles. The standard InChI is InChI=1S/C12H20N4O4S/c1-12(2,3)10-8-14(6-7-16(10)11(17)18)21(19,20)15-5-4-13-9-15/h4-5,9-10H,6-8H2,1-3H3,(H,17,18). The Kier molecular flexibility index (Phi) is 3.98. The highest BCUT2D eigenvalue weighted by Gasteiger charge is 2.41. The van der Waals surface area contributed by atoms with E-state index in [1.807, 2.05) is 20.8 Å². The van der Waals surface area contributed by atoms with Gasteiger partial charge in [-0.2, -0.15) is 12.7 Å². The average molecular weight is 316 g/mol. The number of nitrogens with zero attached hydrogens (tertiary/aromatic N) is 4. The van der Waals surface area contributed by atoms with Crippen molar-refractivity contribution in [2.24, 2.45) is 5.41 Å². The first-order valence-corrected chi connectivity index (χ1v) is 8.02. The second kappa shape index (κ2) is 5.30. The molecule has 0 bridgehead atoms. The molecule has 1 unspecified atom stereocenters. The van der Waals surface area contributed by atoms with Gasteiger partial charge in [-0.15, -0.1) is 0 Å². The van der Waals surface area contributed by atoms with Crippen LogP contribution in [0.4, 0.5) is 4.79 Å². The van der Waals surface area contributed by atoms with Gasteiger partial charge in [-0.05, 0) is 5.41 Å². The smallest absolute Gasteiger partial charge is 0.407 e. The molecule has 1 aromatic rings. The van der Waals surface area contributed by atoms with Crippen LogP contribution >= 0.6 is 0 Å². The van der Waals surface area contributed by atoms with Crippen molar-refractivity contribution in [1.82, 2.24) is 18.2 Å². The van der Waals surface area contributed by atoms with Crippen LogP contribution in [0.1, 0.15) is 20.8 Å². The summed E-state index contributed by atoms with van der Waals surface area (Å²) in [5.74, 6) is 0. The van der Waals surface area contributed by atoms with Gasteiger partial charge in [0.1, 0.15) is 6.33 Å². The summed E-state index contributed by atoms with van der Waals surface area (Å²) < 4.78 is 27.3. The van der Waals surface area contributed by atoms with Crippen molar-refractivity contribution in [2.45, 2.75) is 26.8 Å². The highest BCUT2D eigenvalue weighted by molar-refractivity contribution is 7.87. The van der Waals surface area contributed by atoms with Gasteiger partial charge in [0.15, 0.2) is 0 Å². The summed E-state index contributed by atoms with van der Waals surface area (Å²) in [4.78, 5) is 16.4. The predicted molar refractivity (Wildman–Crippen MR) is 76.1 cm³/mol. The van der Waals surface area contributed by atoms with Crippen LogP contribution in [0.15, 0.2) is 18.7 Å². The summed E-state index contributed by atoms with van der Waals surface area (Å²) in [7, 11) is -3.69. The van der Waals surface area contributed by atoms with E-state index in [0.717, 1.165) is 3.97 Å². The van der Waals surface area contributed by atoms with Crippen LogP contribution in [0.3, 0.4) is 0 Å². The molecule has 2 rings (SSSR count). The van der Waals surface area contributed by atoms with E-state index in [9.17, 15) is 18.3 Å². The number of piperazine rings is 1. The van der Waals surface area contributed by atoms with Gasteiger partial charge in [0.2, 0.25) is 0 Å². The maximum Gasteiger partial charge on any atom is 0.407 e. The van der Waals surface area contributed by atoms with Crippen LogP contribution in [0.5, 0.6) is 0 Å². The molecule has 1 aliphatic heterocycles.